The Morgan fingerprint density at radius 3 is 1.50 bits per heavy atom. The molecule has 0 amide bonds. The van der Waals surface area contributed by atoms with Gasteiger partial charge in [-0.25, -0.2) is 0 Å². The molecule has 0 aromatic carbocycles. The van der Waals surface area contributed by atoms with Gasteiger partial charge in [0, 0.05) is 12.8 Å². The summed E-state index contributed by atoms with van der Waals surface area (Å²) in [5.41, 5.74) is 0. The summed E-state index contributed by atoms with van der Waals surface area (Å²) < 4.78 is 5.77. The molecule has 0 saturated heterocycles. The van der Waals surface area contributed by atoms with E-state index >= 15 is 0 Å². The van der Waals surface area contributed by atoms with Gasteiger partial charge in [0.1, 0.15) is 6.10 Å². The van der Waals surface area contributed by atoms with Crippen molar-refractivity contribution < 1.29 is 19.4 Å². The first-order valence-electron chi connectivity index (χ1n) is 17.3. The molecule has 1 atom stereocenters. The van der Waals surface area contributed by atoms with Crippen LogP contribution in [0.15, 0.2) is 60.8 Å². The molecule has 0 aliphatic carbocycles. The van der Waals surface area contributed by atoms with E-state index in [1.807, 2.05) is 0 Å². The monoisotopic (exact) mass is 584 g/mol. The third-order valence-electron chi connectivity index (χ3n) is 7.25. The number of hydrogen-bond donors (Lipinski definition) is 1. The van der Waals surface area contributed by atoms with Gasteiger partial charge in [-0.15, -0.1) is 0 Å². The van der Waals surface area contributed by atoms with Crippen LogP contribution in [-0.4, -0.2) is 23.1 Å². The number of unbranched alkanes of at least 4 members (excludes halogenated alkanes) is 11. The highest BCUT2D eigenvalue weighted by Gasteiger charge is 2.14. The van der Waals surface area contributed by atoms with E-state index in [-0.39, 0.29) is 18.5 Å². The van der Waals surface area contributed by atoms with E-state index in [1.165, 1.54) is 57.8 Å². The van der Waals surface area contributed by atoms with Gasteiger partial charge < -0.3 is 9.84 Å². The number of allylic oxidation sites excluding steroid dienone is 10. The Morgan fingerprint density at radius 2 is 1.00 bits per heavy atom. The van der Waals surface area contributed by atoms with Gasteiger partial charge in [-0.2, -0.15) is 0 Å². The predicted octanol–water partition coefficient (Wildman–Crippen LogP) is 11.8. The second kappa shape index (κ2) is 33.1. The standard InChI is InChI=1S/C38H64O4/c1-3-5-7-9-11-13-15-16-17-18-19-20-22-24-26-28-30-35-38(41)42-36(33-31-34-37(39)40)32-29-27-25-23-21-14-12-10-8-6-4-2/h5,7,11,13,16-17,19-20,24,26,36H,3-4,6,8-10,12,14-15,18,21-23,25,27-35H2,1-2H3,(H,39,40)/b7-5-,13-11-,17-16-,20-19-,26-24-. The van der Waals surface area contributed by atoms with Crippen molar-refractivity contribution in [2.24, 2.45) is 0 Å². The molecular formula is C38H64O4. The van der Waals surface area contributed by atoms with Gasteiger partial charge in [-0.05, 0) is 70.6 Å². The lowest BCUT2D eigenvalue weighted by Gasteiger charge is -2.18. The van der Waals surface area contributed by atoms with E-state index in [2.05, 4.69) is 74.6 Å². The number of carbonyl (C=O) groups excluding carboxylic acids is 1. The summed E-state index contributed by atoms with van der Waals surface area (Å²) in [5.74, 6) is -0.933. The number of carboxylic acids is 1. The fraction of sp³-hybridized carbons (Fsp3) is 0.684. The SMILES string of the molecule is CC/C=C\C/C=C\C/C=C\C/C=C\C/C=C\CCCC(=O)OC(CCCCCCCCCCCCC)CCCC(=O)O. The van der Waals surface area contributed by atoms with Gasteiger partial charge in [-0.1, -0.05) is 139 Å². The van der Waals surface area contributed by atoms with Crippen molar-refractivity contribution in [1.29, 1.82) is 0 Å². The summed E-state index contributed by atoms with van der Waals surface area (Å²) in [5, 5.41) is 8.98. The highest BCUT2D eigenvalue weighted by atomic mass is 16.5. The summed E-state index contributed by atoms with van der Waals surface area (Å²) >= 11 is 0. The van der Waals surface area contributed by atoms with Crippen molar-refractivity contribution in [3.8, 4) is 0 Å². The van der Waals surface area contributed by atoms with Crippen LogP contribution < -0.4 is 0 Å². The zero-order valence-electron chi connectivity index (χ0n) is 27.3. The minimum Gasteiger partial charge on any atom is -0.481 e. The minimum atomic E-state index is -0.785. The first-order valence-corrected chi connectivity index (χ1v) is 17.3. The zero-order valence-corrected chi connectivity index (χ0v) is 27.3. The lowest BCUT2D eigenvalue weighted by atomic mass is 10.0. The molecule has 240 valence electrons. The average Bonchev–Trinajstić information content (AvgIpc) is 2.97. The molecule has 0 aromatic heterocycles. The summed E-state index contributed by atoms with van der Waals surface area (Å²) in [7, 11) is 0. The van der Waals surface area contributed by atoms with Crippen LogP contribution >= 0.6 is 0 Å². The quantitative estimate of drug-likeness (QED) is 0.0518. The number of hydrogen-bond acceptors (Lipinski definition) is 3. The highest BCUT2D eigenvalue weighted by molar-refractivity contribution is 5.69. The lowest BCUT2D eigenvalue weighted by Crippen LogP contribution is -2.18. The highest BCUT2D eigenvalue weighted by Crippen LogP contribution is 2.17. The maximum absolute atomic E-state index is 12.4. The Morgan fingerprint density at radius 1 is 0.548 bits per heavy atom. The van der Waals surface area contributed by atoms with Crippen LogP contribution in [-0.2, 0) is 14.3 Å². The molecule has 0 spiro atoms. The van der Waals surface area contributed by atoms with Crippen LogP contribution in [0.5, 0.6) is 0 Å². The van der Waals surface area contributed by atoms with Crippen molar-refractivity contribution in [3.05, 3.63) is 60.8 Å². The second-order valence-corrected chi connectivity index (χ2v) is 11.3. The molecule has 0 heterocycles. The van der Waals surface area contributed by atoms with E-state index in [0.29, 0.717) is 19.3 Å². The average molecular weight is 585 g/mol. The number of ether oxygens (including phenoxy) is 1. The minimum absolute atomic E-state index is 0.135. The molecule has 0 saturated carbocycles. The first-order chi connectivity index (χ1) is 20.6. The molecule has 0 bridgehead atoms. The maximum atomic E-state index is 12.4. The molecule has 0 aliphatic rings. The van der Waals surface area contributed by atoms with Crippen molar-refractivity contribution in [1.82, 2.24) is 0 Å². The van der Waals surface area contributed by atoms with Crippen molar-refractivity contribution in [2.75, 3.05) is 0 Å². The van der Waals surface area contributed by atoms with E-state index in [1.54, 1.807) is 0 Å². The summed E-state index contributed by atoms with van der Waals surface area (Å²) in [6, 6.07) is 0. The number of esters is 1. The van der Waals surface area contributed by atoms with Crippen molar-refractivity contribution >= 4 is 11.9 Å². The number of rotatable bonds is 30. The Balaban J connectivity index is 4.00. The number of aliphatic carboxylic acids is 1. The summed E-state index contributed by atoms with van der Waals surface area (Å²) in [4.78, 5) is 23.3. The van der Waals surface area contributed by atoms with Crippen LogP contribution in [0.3, 0.4) is 0 Å². The topological polar surface area (TPSA) is 63.6 Å². The largest absolute Gasteiger partial charge is 0.481 e. The molecule has 4 nitrogen and oxygen atoms in total. The van der Waals surface area contributed by atoms with Gasteiger partial charge in [0.05, 0.1) is 0 Å². The summed E-state index contributed by atoms with van der Waals surface area (Å²) in [6.07, 6.45) is 45.1. The lowest BCUT2D eigenvalue weighted by molar-refractivity contribution is -0.150. The Kier molecular flexibility index (Phi) is 31.3. The van der Waals surface area contributed by atoms with Crippen LogP contribution in [0.2, 0.25) is 0 Å². The predicted molar refractivity (Wildman–Crippen MR) is 181 cm³/mol. The normalized spacial score (nSPS) is 13.0. The van der Waals surface area contributed by atoms with Gasteiger partial charge in [0.25, 0.3) is 0 Å². The van der Waals surface area contributed by atoms with Crippen LogP contribution in [0.1, 0.15) is 162 Å². The molecule has 42 heavy (non-hydrogen) atoms. The van der Waals surface area contributed by atoms with E-state index in [4.69, 9.17) is 9.84 Å². The Bertz CT molecular complexity index is 759. The molecule has 0 radical (unpaired) electrons. The molecule has 0 aliphatic heterocycles. The molecule has 4 heteroatoms. The van der Waals surface area contributed by atoms with Crippen LogP contribution in [0.4, 0.5) is 0 Å². The number of carbonyl (C=O) groups is 2. The molecule has 0 fully saturated rings. The Hall–Kier alpha value is -2.36. The van der Waals surface area contributed by atoms with E-state index in [0.717, 1.165) is 64.2 Å². The van der Waals surface area contributed by atoms with Gasteiger partial charge in [-0.3, -0.25) is 9.59 Å². The summed E-state index contributed by atoms with van der Waals surface area (Å²) in [6.45, 7) is 4.41. The smallest absolute Gasteiger partial charge is 0.306 e. The van der Waals surface area contributed by atoms with Crippen LogP contribution in [0, 0.1) is 0 Å². The van der Waals surface area contributed by atoms with Crippen molar-refractivity contribution in [3.63, 3.8) is 0 Å². The van der Waals surface area contributed by atoms with Gasteiger partial charge >= 0.3 is 11.9 Å². The van der Waals surface area contributed by atoms with Gasteiger partial charge in [0.15, 0.2) is 0 Å². The van der Waals surface area contributed by atoms with E-state index in [9.17, 15) is 9.59 Å². The van der Waals surface area contributed by atoms with E-state index < -0.39 is 5.97 Å². The van der Waals surface area contributed by atoms with Crippen LogP contribution in [0.25, 0.3) is 0 Å². The zero-order chi connectivity index (χ0) is 30.8. The fourth-order valence-electron chi connectivity index (χ4n) is 4.76. The number of carboxylic acid groups (broad SMARTS) is 1. The molecule has 1 unspecified atom stereocenters. The molecular weight excluding hydrogens is 520 g/mol. The van der Waals surface area contributed by atoms with Gasteiger partial charge in [0.2, 0.25) is 0 Å². The molecule has 0 aromatic rings. The molecule has 0 rings (SSSR count). The third-order valence-corrected chi connectivity index (χ3v) is 7.25. The fourth-order valence-corrected chi connectivity index (χ4v) is 4.76. The second-order valence-electron chi connectivity index (χ2n) is 11.3. The maximum Gasteiger partial charge on any atom is 0.306 e. The third kappa shape index (κ3) is 32.2. The Labute approximate surface area is 259 Å². The molecule has 1 N–H and O–H groups in total. The van der Waals surface area contributed by atoms with Crippen molar-refractivity contribution in [2.45, 2.75) is 168 Å². The first kappa shape index (κ1) is 39.6.